The largest absolute Gasteiger partial charge is 0.388 e. The summed E-state index contributed by atoms with van der Waals surface area (Å²) in [7, 11) is 3.57. The molecule has 1 N–H and O–H groups in total. The first-order valence-corrected chi connectivity index (χ1v) is 6.52. The Morgan fingerprint density at radius 3 is 2.53 bits per heavy atom. The summed E-state index contributed by atoms with van der Waals surface area (Å²) in [4.78, 5) is 4.11. The lowest BCUT2D eigenvalue weighted by atomic mass is 10.0. The zero-order valence-corrected chi connectivity index (χ0v) is 12.3. The number of halogens is 1. The number of aliphatic hydroxyl groups excluding tert-OH is 1. The van der Waals surface area contributed by atoms with Crippen LogP contribution in [0.15, 0.2) is 6.33 Å². The van der Waals surface area contributed by atoms with Crippen LogP contribution in [-0.4, -0.2) is 29.7 Å². The van der Waals surface area contributed by atoms with Crippen molar-refractivity contribution in [1.29, 1.82) is 0 Å². The van der Waals surface area contributed by atoms with Crippen LogP contribution in [0.25, 0.3) is 0 Å². The zero-order chi connectivity index (χ0) is 14.2. The molecular formula is C12H18ClN5O. The number of nitrogens with zero attached hydrogens (tertiary/aromatic N) is 5. The van der Waals surface area contributed by atoms with E-state index >= 15 is 0 Å². The topological polar surface area (TPSA) is 68.8 Å². The molecule has 0 aliphatic heterocycles. The molecule has 1 unspecified atom stereocenters. The van der Waals surface area contributed by atoms with E-state index in [0.717, 1.165) is 5.69 Å². The minimum Gasteiger partial charge on any atom is -0.388 e. The van der Waals surface area contributed by atoms with Gasteiger partial charge in [-0.2, -0.15) is 10.2 Å². The second-order valence-corrected chi connectivity index (χ2v) is 5.25. The Kier molecular flexibility index (Phi) is 3.91. The maximum absolute atomic E-state index is 10.4. The number of aliphatic hydroxyl groups is 1. The molecule has 0 aromatic carbocycles. The van der Waals surface area contributed by atoms with Crippen LogP contribution in [0.4, 0.5) is 0 Å². The van der Waals surface area contributed by atoms with Crippen LogP contribution in [0.5, 0.6) is 0 Å². The third kappa shape index (κ3) is 2.64. The van der Waals surface area contributed by atoms with Crippen molar-refractivity contribution in [1.82, 2.24) is 24.5 Å². The highest BCUT2D eigenvalue weighted by Crippen LogP contribution is 2.32. The lowest BCUT2D eigenvalue weighted by Crippen LogP contribution is -2.09. The average molecular weight is 284 g/mol. The first kappa shape index (κ1) is 14.0. The molecule has 0 saturated heterocycles. The van der Waals surface area contributed by atoms with Crippen LogP contribution in [0.1, 0.15) is 43.0 Å². The molecule has 1 atom stereocenters. The summed E-state index contributed by atoms with van der Waals surface area (Å²) in [6, 6.07) is 0. The number of hydrogen-bond acceptors (Lipinski definition) is 4. The van der Waals surface area contributed by atoms with E-state index in [-0.39, 0.29) is 5.92 Å². The van der Waals surface area contributed by atoms with Gasteiger partial charge in [-0.1, -0.05) is 25.4 Å². The monoisotopic (exact) mass is 283 g/mol. The summed E-state index contributed by atoms with van der Waals surface area (Å²) in [6.07, 6.45) is 1.10. The van der Waals surface area contributed by atoms with Crippen LogP contribution in [0.3, 0.4) is 0 Å². The lowest BCUT2D eigenvalue weighted by Gasteiger charge is -2.12. The Balaban J connectivity index is 2.33. The van der Waals surface area contributed by atoms with E-state index in [0.29, 0.717) is 23.0 Å². The van der Waals surface area contributed by atoms with E-state index in [2.05, 4.69) is 15.2 Å². The van der Waals surface area contributed by atoms with Crippen LogP contribution in [0.2, 0.25) is 5.15 Å². The van der Waals surface area contributed by atoms with Gasteiger partial charge >= 0.3 is 0 Å². The molecule has 0 aliphatic carbocycles. The van der Waals surface area contributed by atoms with Gasteiger partial charge < -0.3 is 5.11 Å². The van der Waals surface area contributed by atoms with Gasteiger partial charge in [-0.05, 0) is 5.92 Å². The molecule has 104 valence electrons. The molecule has 0 spiro atoms. The molecule has 2 aromatic rings. The normalized spacial score (nSPS) is 13.2. The zero-order valence-electron chi connectivity index (χ0n) is 11.5. The summed E-state index contributed by atoms with van der Waals surface area (Å²) in [5.74, 6) is 0.907. The molecule has 0 saturated carbocycles. The van der Waals surface area contributed by atoms with Gasteiger partial charge in [-0.15, -0.1) is 0 Å². The van der Waals surface area contributed by atoms with Crippen molar-refractivity contribution in [2.24, 2.45) is 14.1 Å². The van der Waals surface area contributed by atoms with Gasteiger partial charge in [-0.25, -0.2) is 4.98 Å². The van der Waals surface area contributed by atoms with Crippen molar-refractivity contribution >= 4 is 11.6 Å². The lowest BCUT2D eigenvalue weighted by molar-refractivity contribution is 0.173. The Morgan fingerprint density at radius 2 is 2.00 bits per heavy atom. The van der Waals surface area contributed by atoms with Gasteiger partial charge in [0.15, 0.2) is 0 Å². The number of aromatic nitrogens is 5. The van der Waals surface area contributed by atoms with Crippen molar-refractivity contribution < 1.29 is 5.11 Å². The Bertz CT molecular complexity index is 575. The molecule has 0 amide bonds. The standard InChI is InChI=1S/C12H18ClN5O/c1-7(2)11-10(12(13)18(4)16-11)8(19)5-9-14-6-15-17(9)3/h6-8,19H,5H2,1-4H3. The fourth-order valence-corrected chi connectivity index (χ4v) is 2.31. The van der Waals surface area contributed by atoms with E-state index in [9.17, 15) is 5.11 Å². The predicted octanol–water partition coefficient (Wildman–Crippen LogP) is 1.60. The maximum Gasteiger partial charge on any atom is 0.138 e. The Morgan fingerprint density at radius 1 is 1.32 bits per heavy atom. The summed E-state index contributed by atoms with van der Waals surface area (Å²) < 4.78 is 3.23. The minimum absolute atomic E-state index is 0.197. The van der Waals surface area contributed by atoms with E-state index in [1.807, 2.05) is 13.8 Å². The summed E-state index contributed by atoms with van der Waals surface area (Å²) in [5.41, 5.74) is 1.50. The van der Waals surface area contributed by atoms with E-state index < -0.39 is 6.10 Å². The number of hydrogen-bond donors (Lipinski definition) is 1. The van der Waals surface area contributed by atoms with Crippen molar-refractivity contribution in [2.75, 3.05) is 0 Å². The molecule has 0 radical (unpaired) electrons. The van der Waals surface area contributed by atoms with Crippen LogP contribution in [0, 0.1) is 0 Å². The van der Waals surface area contributed by atoms with E-state index in [1.165, 1.54) is 6.33 Å². The van der Waals surface area contributed by atoms with Crippen LogP contribution < -0.4 is 0 Å². The fourth-order valence-electron chi connectivity index (χ4n) is 2.05. The van der Waals surface area contributed by atoms with Crippen molar-refractivity contribution in [2.45, 2.75) is 32.3 Å². The second kappa shape index (κ2) is 5.30. The third-order valence-electron chi connectivity index (χ3n) is 3.10. The van der Waals surface area contributed by atoms with Gasteiger partial charge in [0.1, 0.15) is 17.3 Å². The maximum atomic E-state index is 10.4. The summed E-state index contributed by atoms with van der Waals surface area (Å²) in [6.45, 7) is 4.05. The highest BCUT2D eigenvalue weighted by atomic mass is 35.5. The van der Waals surface area contributed by atoms with Crippen molar-refractivity contribution in [3.63, 3.8) is 0 Å². The molecule has 2 aromatic heterocycles. The first-order valence-electron chi connectivity index (χ1n) is 6.15. The van der Waals surface area contributed by atoms with E-state index in [4.69, 9.17) is 11.6 Å². The Hall–Kier alpha value is -1.40. The van der Waals surface area contributed by atoms with E-state index in [1.54, 1.807) is 23.5 Å². The molecule has 0 aliphatic rings. The average Bonchev–Trinajstić information content (AvgIpc) is 2.85. The van der Waals surface area contributed by atoms with Gasteiger partial charge in [0, 0.05) is 26.1 Å². The fraction of sp³-hybridized carbons (Fsp3) is 0.583. The molecular weight excluding hydrogens is 266 g/mol. The van der Waals surface area contributed by atoms with Gasteiger partial charge in [0.2, 0.25) is 0 Å². The first-order chi connectivity index (χ1) is 8.91. The van der Waals surface area contributed by atoms with Gasteiger partial charge in [0.25, 0.3) is 0 Å². The highest BCUT2D eigenvalue weighted by Gasteiger charge is 2.24. The number of rotatable bonds is 4. The van der Waals surface area contributed by atoms with Gasteiger partial charge in [0.05, 0.1) is 11.8 Å². The molecule has 2 rings (SSSR count). The summed E-state index contributed by atoms with van der Waals surface area (Å²) in [5, 5.41) is 19.2. The smallest absolute Gasteiger partial charge is 0.138 e. The molecule has 0 bridgehead atoms. The SMILES string of the molecule is CC(C)c1nn(C)c(Cl)c1C(O)Cc1ncnn1C. The Labute approximate surface area is 117 Å². The predicted molar refractivity (Wildman–Crippen MR) is 72.0 cm³/mol. The summed E-state index contributed by atoms with van der Waals surface area (Å²) >= 11 is 6.23. The highest BCUT2D eigenvalue weighted by molar-refractivity contribution is 6.30. The van der Waals surface area contributed by atoms with Crippen molar-refractivity contribution in [3.8, 4) is 0 Å². The quantitative estimate of drug-likeness (QED) is 0.925. The third-order valence-corrected chi connectivity index (χ3v) is 3.55. The van der Waals surface area contributed by atoms with Gasteiger partial charge in [-0.3, -0.25) is 9.36 Å². The van der Waals surface area contributed by atoms with Crippen LogP contribution in [-0.2, 0) is 20.5 Å². The molecule has 0 fully saturated rings. The molecule has 2 heterocycles. The molecule has 7 heteroatoms. The molecule has 19 heavy (non-hydrogen) atoms. The van der Waals surface area contributed by atoms with Crippen LogP contribution >= 0.6 is 11.6 Å². The van der Waals surface area contributed by atoms with Crippen molar-refractivity contribution in [3.05, 3.63) is 28.6 Å². The molecule has 6 nitrogen and oxygen atoms in total. The number of aryl methyl sites for hydroxylation is 2. The second-order valence-electron chi connectivity index (χ2n) is 4.89. The minimum atomic E-state index is -0.735.